The zero-order valence-electron chi connectivity index (χ0n) is 13.1. The van der Waals surface area contributed by atoms with Crippen LogP contribution < -0.4 is 16.6 Å². The monoisotopic (exact) mass is 317 g/mol. The Balaban J connectivity index is 1.86. The SMILES string of the molecule is NC1CCC(Nc2ncc3ccc(=O)n(CCCO)c3n2)CC1. The third-order valence-corrected chi connectivity index (χ3v) is 4.37. The second-order valence-electron chi connectivity index (χ2n) is 6.13. The van der Waals surface area contributed by atoms with Gasteiger partial charge in [-0.1, -0.05) is 0 Å². The number of anilines is 1. The predicted octanol–water partition coefficient (Wildman–Crippen LogP) is 0.856. The normalized spacial score (nSPS) is 21.5. The van der Waals surface area contributed by atoms with Gasteiger partial charge in [-0.25, -0.2) is 4.98 Å². The molecule has 0 amide bonds. The Kier molecular flexibility index (Phi) is 4.88. The molecule has 124 valence electrons. The predicted molar refractivity (Wildman–Crippen MR) is 89.4 cm³/mol. The minimum atomic E-state index is -0.112. The van der Waals surface area contributed by atoms with Crippen molar-refractivity contribution in [3.05, 3.63) is 28.7 Å². The van der Waals surface area contributed by atoms with Crippen LogP contribution in [-0.2, 0) is 6.54 Å². The maximum Gasteiger partial charge on any atom is 0.252 e. The average Bonchev–Trinajstić information content (AvgIpc) is 2.56. The molecule has 0 unspecified atom stereocenters. The molecular weight excluding hydrogens is 294 g/mol. The van der Waals surface area contributed by atoms with Gasteiger partial charge in [-0.3, -0.25) is 9.36 Å². The molecule has 0 aliphatic heterocycles. The summed E-state index contributed by atoms with van der Waals surface area (Å²) in [6.07, 6.45) is 6.28. The van der Waals surface area contributed by atoms with Gasteiger partial charge in [0.25, 0.3) is 5.56 Å². The van der Waals surface area contributed by atoms with Gasteiger partial charge in [0.2, 0.25) is 5.95 Å². The van der Waals surface area contributed by atoms with Crippen LogP contribution in [0, 0.1) is 0 Å². The molecule has 0 saturated heterocycles. The number of aliphatic hydroxyl groups is 1. The lowest BCUT2D eigenvalue weighted by molar-refractivity contribution is 0.280. The van der Waals surface area contributed by atoms with E-state index in [-0.39, 0.29) is 12.2 Å². The molecule has 1 aliphatic carbocycles. The Morgan fingerprint density at radius 1 is 1.30 bits per heavy atom. The van der Waals surface area contributed by atoms with E-state index in [9.17, 15) is 4.79 Å². The maximum atomic E-state index is 12.1. The van der Waals surface area contributed by atoms with E-state index in [2.05, 4.69) is 15.3 Å². The van der Waals surface area contributed by atoms with E-state index in [0.29, 0.717) is 36.6 Å². The van der Waals surface area contributed by atoms with E-state index in [1.165, 1.54) is 6.07 Å². The van der Waals surface area contributed by atoms with Gasteiger partial charge in [0.1, 0.15) is 5.65 Å². The third-order valence-electron chi connectivity index (χ3n) is 4.37. The van der Waals surface area contributed by atoms with E-state index < -0.39 is 0 Å². The van der Waals surface area contributed by atoms with Gasteiger partial charge in [-0.05, 0) is 38.2 Å². The number of nitrogens with zero attached hydrogens (tertiary/aromatic N) is 3. The quantitative estimate of drug-likeness (QED) is 0.755. The first kappa shape index (κ1) is 15.9. The maximum absolute atomic E-state index is 12.1. The minimum Gasteiger partial charge on any atom is -0.396 e. The minimum absolute atomic E-state index is 0.0430. The molecule has 0 radical (unpaired) electrons. The highest BCUT2D eigenvalue weighted by Crippen LogP contribution is 2.20. The number of pyridine rings is 1. The largest absolute Gasteiger partial charge is 0.396 e. The van der Waals surface area contributed by atoms with Crippen molar-refractivity contribution in [1.82, 2.24) is 14.5 Å². The summed E-state index contributed by atoms with van der Waals surface area (Å²) in [4.78, 5) is 20.9. The van der Waals surface area contributed by atoms with Gasteiger partial charge in [-0.2, -0.15) is 4.98 Å². The number of rotatable bonds is 5. The van der Waals surface area contributed by atoms with Crippen LogP contribution in [0.1, 0.15) is 32.1 Å². The van der Waals surface area contributed by atoms with Crippen molar-refractivity contribution in [2.45, 2.75) is 50.7 Å². The van der Waals surface area contributed by atoms with E-state index in [1.807, 2.05) is 0 Å². The standard InChI is InChI=1S/C16H23N5O2/c17-12-3-5-13(6-4-12)19-16-18-10-11-2-7-14(23)21(8-1-9-22)15(11)20-16/h2,7,10,12-13,22H,1,3-6,8-9,17H2,(H,18,19,20). The van der Waals surface area contributed by atoms with E-state index in [1.54, 1.807) is 16.8 Å². The summed E-state index contributed by atoms with van der Waals surface area (Å²) in [6, 6.07) is 3.87. The molecule has 1 saturated carbocycles. The van der Waals surface area contributed by atoms with Crippen molar-refractivity contribution in [2.24, 2.45) is 5.73 Å². The van der Waals surface area contributed by atoms with Gasteiger partial charge in [-0.15, -0.1) is 0 Å². The zero-order valence-corrected chi connectivity index (χ0v) is 13.1. The number of aliphatic hydroxyl groups excluding tert-OH is 1. The zero-order chi connectivity index (χ0) is 16.2. The summed E-state index contributed by atoms with van der Waals surface area (Å²) in [5.41, 5.74) is 6.43. The topological polar surface area (TPSA) is 106 Å². The number of aromatic nitrogens is 3. The molecule has 0 aromatic carbocycles. The first-order chi connectivity index (χ1) is 11.2. The summed E-state index contributed by atoms with van der Waals surface area (Å²) < 4.78 is 1.59. The Hall–Kier alpha value is -1.99. The summed E-state index contributed by atoms with van der Waals surface area (Å²) in [7, 11) is 0. The van der Waals surface area contributed by atoms with Crippen LogP contribution in [0.2, 0.25) is 0 Å². The summed E-state index contributed by atoms with van der Waals surface area (Å²) in [5.74, 6) is 0.543. The van der Waals surface area contributed by atoms with Crippen molar-refractivity contribution in [1.29, 1.82) is 0 Å². The van der Waals surface area contributed by atoms with Crippen LogP contribution in [0.4, 0.5) is 5.95 Å². The molecule has 2 heterocycles. The second kappa shape index (κ2) is 7.06. The van der Waals surface area contributed by atoms with E-state index in [0.717, 1.165) is 31.1 Å². The Labute approximate surface area is 134 Å². The lowest BCUT2D eigenvalue weighted by Crippen LogP contribution is -2.33. The second-order valence-corrected chi connectivity index (χ2v) is 6.13. The molecule has 1 aliphatic rings. The highest BCUT2D eigenvalue weighted by molar-refractivity contribution is 5.75. The number of nitrogens with one attached hydrogen (secondary N) is 1. The van der Waals surface area contributed by atoms with Gasteiger partial charge >= 0.3 is 0 Å². The highest BCUT2D eigenvalue weighted by Gasteiger charge is 2.19. The van der Waals surface area contributed by atoms with E-state index in [4.69, 9.17) is 10.8 Å². The van der Waals surface area contributed by atoms with Crippen molar-refractivity contribution < 1.29 is 5.11 Å². The number of nitrogens with two attached hydrogens (primary N) is 1. The number of fused-ring (bicyclic) bond motifs is 1. The molecule has 2 aromatic rings. The molecule has 1 fully saturated rings. The molecule has 0 spiro atoms. The number of aryl methyl sites for hydroxylation is 1. The van der Waals surface area contributed by atoms with Gasteiger partial charge in [0.05, 0.1) is 0 Å². The molecule has 3 rings (SSSR count). The van der Waals surface area contributed by atoms with Crippen LogP contribution >= 0.6 is 0 Å². The first-order valence-corrected chi connectivity index (χ1v) is 8.17. The fourth-order valence-corrected chi connectivity index (χ4v) is 3.03. The highest BCUT2D eigenvalue weighted by atomic mass is 16.3. The van der Waals surface area contributed by atoms with Crippen molar-refractivity contribution >= 4 is 17.0 Å². The van der Waals surface area contributed by atoms with Crippen molar-refractivity contribution in [2.75, 3.05) is 11.9 Å². The van der Waals surface area contributed by atoms with Gasteiger partial charge in [0.15, 0.2) is 0 Å². The molecule has 0 atom stereocenters. The smallest absolute Gasteiger partial charge is 0.252 e. The lowest BCUT2D eigenvalue weighted by Gasteiger charge is -2.26. The van der Waals surface area contributed by atoms with Crippen LogP contribution in [0.25, 0.3) is 11.0 Å². The fourth-order valence-electron chi connectivity index (χ4n) is 3.03. The summed E-state index contributed by atoms with van der Waals surface area (Å²) in [6.45, 7) is 0.489. The summed E-state index contributed by atoms with van der Waals surface area (Å²) in [5, 5.41) is 13.2. The Bertz CT molecular complexity index is 722. The molecular formula is C16H23N5O2. The number of hydrogen-bond donors (Lipinski definition) is 3. The third kappa shape index (κ3) is 3.68. The van der Waals surface area contributed by atoms with E-state index >= 15 is 0 Å². The molecule has 7 heteroatoms. The van der Waals surface area contributed by atoms with Crippen LogP contribution in [0.5, 0.6) is 0 Å². The van der Waals surface area contributed by atoms with Gasteiger partial charge < -0.3 is 16.2 Å². The van der Waals surface area contributed by atoms with Crippen molar-refractivity contribution in [3.63, 3.8) is 0 Å². The van der Waals surface area contributed by atoms with Crippen LogP contribution in [-0.4, -0.2) is 38.3 Å². The molecule has 4 N–H and O–H groups in total. The van der Waals surface area contributed by atoms with Gasteiger partial charge in [0, 0.05) is 42.9 Å². The molecule has 0 bridgehead atoms. The van der Waals surface area contributed by atoms with Crippen LogP contribution in [0.15, 0.2) is 23.1 Å². The molecule has 2 aromatic heterocycles. The lowest BCUT2D eigenvalue weighted by atomic mass is 9.92. The first-order valence-electron chi connectivity index (χ1n) is 8.17. The fraction of sp³-hybridized carbons (Fsp3) is 0.562. The summed E-state index contributed by atoms with van der Waals surface area (Å²) >= 11 is 0. The number of hydrogen-bond acceptors (Lipinski definition) is 6. The molecule has 23 heavy (non-hydrogen) atoms. The van der Waals surface area contributed by atoms with Crippen LogP contribution in [0.3, 0.4) is 0 Å². The Morgan fingerprint density at radius 2 is 2.09 bits per heavy atom. The molecule has 7 nitrogen and oxygen atoms in total. The van der Waals surface area contributed by atoms with Crippen molar-refractivity contribution in [3.8, 4) is 0 Å². The Morgan fingerprint density at radius 3 is 2.83 bits per heavy atom. The average molecular weight is 317 g/mol.